The van der Waals surface area contributed by atoms with E-state index in [1.807, 2.05) is 26.0 Å². The molecule has 1 aromatic carbocycles. The predicted octanol–water partition coefficient (Wildman–Crippen LogP) is 3.53. The second kappa shape index (κ2) is 7.16. The van der Waals surface area contributed by atoms with Crippen LogP contribution in [-0.2, 0) is 0 Å². The van der Waals surface area contributed by atoms with Gasteiger partial charge in [0.05, 0.1) is 0 Å². The smallest absolute Gasteiger partial charge is 0.275 e. The lowest BCUT2D eigenvalue weighted by atomic mass is 10.1. The number of aryl methyl sites for hydroxylation is 1. The molecule has 0 bridgehead atoms. The summed E-state index contributed by atoms with van der Waals surface area (Å²) in [5.74, 6) is 0.413. The SMILES string of the molecule is C/C(=C\c1ccccc1)CN1CCC(c2cc3nc(C)c(C)c(=O)n3[nH]2)C1. The van der Waals surface area contributed by atoms with Crippen LogP contribution in [0.1, 0.15) is 41.8 Å². The first-order valence-electron chi connectivity index (χ1n) is 9.54. The summed E-state index contributed by atoms with van der Waals surface area (Å²) in [4.78, 5) is 19.5. The van der Waals surface area contributed by atoms with E-state index in [9.17, 15) is 4.79 Å². The molecule has 1 aliphatic heterocycles. The molecule has 0 aliphatic carbocycles. The van der Waals surface area contributed by atoms with Gasteiger partial charge in [-0.25, -0.2) is 9.50 Å². The summed E-state index contributed by atoms with van der Waals surface area (Å²) in [6.45, 7) is 8.96. The average Bonchev–Trinajstić information content (AvgIpc) is 3.27. The van der Waals surface area contributed by atoms with Crippen LogP contribution in [0.25, 0.3) is 11.7 Å². The zero-order valence-electron chi connectivity index (χ0n) is 16.2. The molecule has 1 aliphatic rings. The van der Waals surface area contributed by atoms with Crippen molar-refractivity contribution in [2.75, 3.05) is 19.6 Å². The lowest BCUT2D eigenvalue weighted by Gasteiger charge is -2.16. The van der Waals surface area contributed by atoms with Gasteiger partial charge in [0.25, 0.3) is 5.56 Å². The number of hydrogen-bond donors (Lipinski definition) is 1. The molecule has 3 aromatic rings. The van der Waals surface area contributed by atoms with Crippen LogP contribution in [0.2, 0.25) is 0 Å². The van der Waals surface area contributed by atoms with Gasteiger partial charge in [-0.2, -0.15) is 0 Å². The van der Waals surface area contributed by atoms with Crippen molar-refractivity contribution in [2.24, 2.45) is 0 Å². The highest BCUT2D eigenvalue weighted by Gasteiger charge is 2.25. The van der Waals surface area contributed by atoms with Gasteiger partial charge in [0.2, 0.25) is 0 Å². The number of hydrogen-bond acceptors (Lipinski definition) is 3. The molecule has 1 N–H and O–H groups in total. The molecule has 1 unspecified atom stereocenters. The van der Waals surface area contributed by atoms with Gasteiger partial charge in [-0.3, -0.25) is 14.8 Å². The van der Waals surface area contributed by atoms with Crippen molar-refractivity contribution >= 4 is 11.7 Å². The zero-order chi connectivity index (χ0) is 19.0. The summed E-state index contributed by atoms with van der Waals surface area (Å²) in [5.41, 5.74) is 5.95. The number of nitrogens with one attached hydrogen (secondary N) is 1. The van der Waals surface area contributed by atoms with Gasteiger partial charge in [-0.15, -0.1) is 0 Å². The molecular weight excluding hydrogens is 336 g/mol. The first-order valence-corrected chi connectivity index (χ1v) is 9.54. The van der Waals surface area contributed by atoms with Crippen LogP contribution in [0.3, 0.4) is 0 Å². The van der Waals surface area contributed by atoms with Crippen LogP contribution >= 0.6 is 0 Å². The number of H-pyrrole nitrogens is 1. The maximum absolute atomic E-state index is 12.4. The number of fused-ring (bicyclic) bond motifs is 1. The highest BCUT2D eigenvalue weighted by molar-refractivity contribution is 5.52. The topological polar surface area (TPSA) is 53.4 Å². The first kappa shape index (κ1) is 17.7. The number of rotatable bonds is 4. The third-order valence-corrected chi connectivity index (χ3v) is 5.50. The molecule has 0 amide bonds. The summed E-state index contributed by atoms with van der Waals surface area (Å²) >= 11 is 0. The zero-order valence-corrected chi connectivity index (χ0v) is 16.2. The van der Waals surface area contributed by atoms with Crippen LogP contribution in [0.5, 0.6) is 0 Å². The standard InChI is InChI=1S/C22H26N4O/c1-15(11-18-7-5-4-6-8-18)13-25-10-9-19(14-25)20-12-21-23-17(3)16(2)22(27)26(21)24-20/h4-8,11-12,19,24H,9-10,13-14H2,1-3H3/b15-11+. The van der Waals surface area contributed by atoms with Crippen LogP contribution in [0.4, 0.5) is 0 Å². The Bertz CT molecular complexity index is 1050. The predicted molar refractivity (Wildman–Crippen MR) is 109 cm³/mol. The molecule has 1 saturated heterocycles. The normalized spacial score (nSPS) is 18.5. The van der Waals surface area contributed by atoms with E-state index in [2.05, 4.69) is 52.2 Å². The van der Waals surface area contributed by atoms with Gasteiger partial charge >= 0.3 is 0 Å². The van der Waals surface area contributed by atoms with Crippen LogP contribution < -0.4 is 5.56 Å². The van der Waals surface area contributed by atoms with Crippen molar-refractivity contribution < 1.29 is 0 Å². The Morgan fingerprint density at radius 2 is 2.07 bits per heavy atom. The monoisotopic (exact) mass is 362 g/mol. The van der Waals surface area contributed by atoms with Gasteiger partial charge < -0.3 is 0 Å². The first-order chi connectivity index (χ1) is 13.0. The van der Waals surface area contributed by atoms with E-state index in [0.717, 1.165) is 43.1 Å². The molecule has 1 fully saturated rings. The van der Waals surface area contributed by atoms with E-state index >= 15 is 0 Å². The molecule has 3 heterocycles. The number of likely N-dealkylation sites (tertiary alicyclic amines) is 1. The summed E-state index contributed by atoms with van der Waals surface area (Å²) in [6.07, 6.45) is 3.35. The number of benzene rings is 1. The second-order valence-corrected chi connectivity index (χ2v) is 7.65. The maximum atomic E-state index is 12.4. The molecule has 0 radical (unpaired) electrons. The third-order valence-electron chi connectivity index (χ3n) is 5.50. The summed E-state index contributed by atoms with van der Waals surface area (Å²) < 4.78 is 1.58. The molecule has 4 rings (SSSR count). The van der Waals surface area contributed by atoms with Crippen molar-refractivity contribution in [3.05, 3.63) is 74.8 Å². The van der Waals surface area contributed by atoms with E-state index in [1.54, 1.807) is 4.52 Å². The van der Waals surface area contributed by atoms with E-state index in [4.69, 9.17) is 0 Å². The van der Waals surface area contributed by atoms with Gasteiger partial charge in [0, 0.05) is 42.0 Å². The fourth-order valence-corrected chi connectivity index (χ4v) is 3.91. The summed E-state index contributed by atoms with van der Waals surface area (Å²) in [7, 11) is 0. The van der Waals surface area contributed by atoms with Crippen molar-refractivity contribution in [2.45, 2.75) is 33.1 Å². The number of nitrogens with zero attached hydrogens (tertiary/aromatic N) is 3. The summed E-state index contributed by atoms with van der Waals surface area (Å²) in [5, 5.41) is 3.29. The minimum Gasteiger partial charge on any atom is -0.299 e. The van der Waals surface area contributed by atoms with Crippen molar-refractivity contribution in [1.29, 1.82) is 0 Å². The highest BCUT2D eigenvalue weighted by Crippen LogP contribution is 2.27. The molecule has 5 nitrogen and oxygen atoms in total. The molecule has 2 aromatic heterocycles. The van der Waals surface area contributed by atoms with Crippen molar-refractivity contribution in [3.8, 4) is 0 Å². The highest BCUT2D eigenvalue weighted by atomic mass is 16.1. The van der Waals surface area contributed by atoms with E-state index in [-0.39, 0.29) is 5.56 Å². The third kappa shape index (κ3) is 3.60. The Morgan fingerprint density at radius 1 is 1.30 bits per heavy atom. The molecule has 5 heteroatoms. The Hall–Kier alpha value is -2.66. The largest absolute Gasteiger partial charge is 0.299 e. The molecule has 0 saturated carbocycles. The molecular formula is C22H26N4O. The lowest BCUT2D eigenvalue weighted by molar-refractivity contribution is 0.363. The Morgan fingerprint density at radius 3 is 2.85 bits per heavy atom. The Labute approximate surface area is 159 Å². The van der Waals surface area contributed by atoms with Crippen molar-refractivity contribution in [3.63, 3.8) is 0 Å². The Kier molecular flexibility index (Phi) is 4.70. The van der Waals surface area contributed by atoms with Gasteiger partial charge in [0.15, 0.2) is 5.65 Å². The lowest BCUT2D eigenvalue weighted by Crippen LogP contribution is -2.22. The maximum Gasteiger partial charge on any atom is 0.275 e. The Balaban J connectivity index is 1.48. The summed E-state index contributed by atoms with van der Waals surface area (Å²) in [6, 6.07) is 12.5. The molecule has 140 valence electrons. The second-order valence-electron chi connectivity index (χ2n) is 7.65. The minimum absolute atomic E-state index is 0.000224. The quantitative estimate of drug-likeness (QED) is 0.772. The van der Waals surface area contributed by atoms with Gasteiger partial charge in [-0.1, -0.05) is 42.0 Å². The van der Waals surface area contributed by atoms with E-state index in [1.165, 1.54) is 11.1 Å². The molecule has 27 heavy (non-hydrogen) atoms. The van der Waals surface area contributed by atoms with Crippen molar-refractivity contribution in [1.82, 2.24) is 19.5 Å². The van der Waals surface area contributed by atoms with Gasteiger partial charge in [-0.05, 0) is 39.3 Å². The molecule has 0 spiro atoms. The number of aromatic amines is 1. The fraction of sp³-hybridized carbons (Fsp3) is 0.364. The van der Waals surface area contributed by atoms with E-state index in [0.29, 0.717) is 11.5 Å². The van der Waals surface area contributed by atoms with Crippen LogP contribution in [0, 0.1) is 13.8 Å². The van der Waals surface area contributed by atoms with Crippen LogP contribution in [-0.4, -0.2) is 39.1 Å². The van der Waals surface area contributed by atoms with Crippen LogP contribution in [0.15, 0.2) is 46.8 Å². The van der Waals surface area contributed by atoms with Gasteiger partial charge in [0.1, 0.15) is 0 Å². The minimum atomic E-state index is 0.000224. The molecule has 1 atom stereocenters. The fourth-order valence-electron chi connectivity index (χ4n) is 3.91. The number of aromatic nitrogens is 3. The van der Waals surface area contributed by atoms with E-state index < -0.39 is 0 Å². The average molecular weight is 362 g/mol.